The number of hydrogen-bond acceptors (Lipinski definition) is 12. The number of nitrogens with one attached hydrogen (secondary N) is 2. The summed E-state index contributed by atoms with van der Waals surface area (Å²) >= 11 is 12.0. The van der Waals surface area contributed by atoms with Crippen molar-refractivity contribution in [1.29, 1.82) is 0 Å². The molecular formula is C28H35Cl2N11O2. The zero-order valence-electron chi connectivity index (χ0n) is 23.4. The predicted octanol–water partition coefficient (Wildman–Crippen LogP) is 1.86. The molecule has 1 aromatic heterocycles. The third-order valence-corrected chi connectivity index (χ3v) is 7.75. The van der Waals surface area contributed by atoms with Crippen LogP contribution in [0.25, 0.3) is 0 Å². The monoisotopic (exact) mass is 627 g/mol. The number of benzene rings is 2. The van der Waals surface area contributed by atoms with Crippen LogP contribution in [0.3, 0.4) is 0 Å². The number of halogens is 2. The Morgan fingerprint density at radius 1 is 0.791 bits per heavy atom. The molecule has 13 nitrogen and oxygen atoms in total. The van der Waals surface area contributed by atoms with Crippen LogP contribution in [0.1, 0.15) is 29.6 Å². The lowest BCUT2D eigenvalue weighted by atomic mass is 10.0. The van der Waals surface area contributed by atoms with E-state index in [1.165, 1.54) is 6.07 Å². The van der Waals surface area contributed by atoms with E-state index in [0.29, 0.717) is 66.0 Å². The smallest absolute Gasteiger partial charge is 0.233 e. The van der Waals surface area contributed by atoms with E-state index in [2.05, 4.69) is 20.6 Å². The summed E-state index contributed by atoms with van der Waals surface area (Å²) in [6.07, 6.45) is 1.08. The molecule has 3 aromatic rings. The van der Waals surface area contributed by atoms with Crippen LogP contribution in [0.5, 0.6) is 0 Å². The van der Waals surface area contributed by atoms with Crippen molar-refractivity contribution in [2.75, 3.05) is 46.6 Å². The van der Waals surface area contributed by atoms with E-state index >= 15 is 0 Å². The Kier molecular flexibility index (Phi) is 9.59. The van der Waals surface area contributed by atoms with Gasteiger partial charge in [-0.15, -0.1) is 0 Å². The molecule has 1 amide bonds. The van der Waals surface area contributed by atoms with E-state index < -0.39 is 5.91 Å². The molecule has 0 aliphatic carbocycles. The summed E-state index contributed by atoms with van der Waals surface area (Å²) in [5, 5.41) is 6.56. The van der Waals surface area contributed by atoms with Crippen LogP contribution in [0.2, 0.25) is 10.0 Å². The Labute approximate surface area is 259 Å². The van der Waals surface area contributed by atoms with Gasteiger partial charge in [-0.3, -0.25) is 9.59 Å². The van der Waals surface area contributed by atoms with Gasteiger partial charge in [0, 0.05) is 66.6 Å². The molecule has 0 spiro atoms. The van der Waals surface area contributed by atoms with Crippen molar-refractivity contribution in [2.45, 2.75) is 43.4 Å². The average Bonchev–Trinajstić information content (AvgIpc) is 2.94. The first-order chi connectivity index (χ1) is 20.5. The van der Waals surface area contributed by atoms with Crippen LogP contribution in [0.4, 0.5) is 29.2 Å². The number of Topliss-reactive ketones (excluding diaryl/α,β-unsaturated/α-hetero) is 1. The minimum absolute atomic E-state index is 0.104. The maximum atomic E-state index is 12.8. The van der Waals surface area contributed by atoms with Crippen LogP contribution in [-0.2, 0) is 4.79 Å². The molecule has 2 aliphatic rings. The van der Waals surface area contributed by atoms with E-state index in [1.54, 1.807) is 36.4 Å². The van der Waals surface area contributed by atoms with Gasteiger partial charge in [-0.25, -0.2) is 0 Å². The van der Waals surface area contributed by atoms with E-state index in [9.17, 15) is 9.59 Å². The van der Waals surface area contributed by atoms with Crippen molar-refractivity contribution in [1.82, 2.24) is 15.0 Å². The minimum atomic E-state index is -0.490. The summed E-state index contributed by atoms with van der Waals surface area (Å²) in [5.41, 5.74) is 26.3. The van der Waals surface area contributed by atoms with Crippen LogP contribution in [0.15, 0.2) is 42.5 Å². The maximum absolute atomic E-state index is 12.8. The van der Waals surface area contributed by atoms with Crippen molar-refractivity contribution in [3.63, 3.8) is 0 Å². The first-order valence-corrected chi connectivity index (χ1v) is 14.7. The molecule has 3 heterocycles. The van der Waals surface area contributed by atoms with Gasteiger partial charge in [0.1, 0.15) is 0 Å². The molecule has 2 aromatic carbocycles. The first kappa shape index (κ1) is 30.9. The van der Waals surface area contributed by atoms with Crippen LogP contribution in [-0.4, -0.2) is 77.0 Å². The topological polar surface area (TPSA) is 207 Å². The van der Waals surface area contributed by atoms with Gasteiger partial charge in [0.2, 0.25) is 23.8 Å². The van der Waals surface area contributed by atoms with Gasteiger partial charge < -0.3 is 43.4 Å². The number of aromatic nitrogens is 3. The molecule has 5 rings (SSSR count). The number of piperidine rings is 2. The average molecular weight is 629 g/mol. The van der Waals surface area contributed by atoms with Gasteiger partial charge >= 0.3 is 0 Å². The molecule has 43 heavy (non-hydrogen) atoms. The van der Waals surface area contributed by atoms with Gasteiger partial charge in [-0.05, 0) is 55.3 Å². The molecule has 0 saturated carbocycles. The third kappa shape index (κ3) is 8.07. The number of carbonyl (C=O) groups is 2. The minimum Gasteiger partial charge on any atom is -0.338 e. The lowest BCUT2D eigenvalue weighted by molar-refractivity contribution is -0.115. The molecule has 0 radical (unpaired) electrons. The van der Waals surface area contributed by atoms with Gasteiger partial charge in [-0.2, -0.15) is 15.0 Å². The van der Waals surface area contributed by atoms with E-state index in [4.69, 9.17) is 51.1 Å². The highest BCUT2D eigenvalue weighted by molar-refractivity contribution is 6.36. The second-order valence-electron chi connectivity index (χ2n) is 11.1. The number of amides is 1. The summed E-state index contributed by atoms with van der Waals surface area (Å²) in [4.78, 5) is 43.2. The quantitative estimate of drug-likeness (QED) is 0.156. The number of rotatable bonds is 8. The van der Waals surface area contributed by atoms with Crippen molar-refractivity contribution in [3.05, 3.63) is 58.1 Å². The Bertz CT molecular complexity index is 1410. The van der Waals surface area contributed by atoms with Crippen LogP contribution >= 0.6 is 23.2 Å². The van der Waals surface area contributed by atoms with Gasteiger partial charge in [-0.1, -0.05) is 23.2 Å². The number of anilines is 5. The standard InChI is InChI=1S/C28H35Cl2N11O2/c29-16-3-6-23(22(30)7-16)36-25(43)10-24(42)15-1-4-21(5-2-15)35-26-37-27(40-11-17(31)8-18(32)12-40)39-28(38-26)41-13-19(33)9-20(34)14-41/h1-7,17-20H,8-14,31-34H2,(H,36,43)(H,35,37,38,39)/t17-,18+,19-,20+. The second-order valence-corrected chi connectivity index (χ2v) is 11.9. The van der Waals surface area contributed by atoms with E-state index in [-0.39, 0.29) is 41.4 Å². The maximum Gasteiger partial charge on any atom is 0.233 e. The fourth-order valence-corrected chi connectivity index (χ4v) is 5.73. The summed E-state index contributed by atoms with van der Waals surface area (Å²) in [6.45, 7) is 2.24. The molecule has 10 N–H and O–H groups in total. The molecular weight excluding hydrogens is 593 g/mol. The molecule has 0 bridgehead atoms. The predicted molar refractivity (Wildman–Crippen MR) is 169 cm³/mol. The molecule has 2 fully saturated rings. The fourth-order valence-electron chi connectivity index (χ4n) is 5.28. The largest absolute Gasteiger partial charge is 0.338 e. The lowest BCUT2D eigenvalue weighted by Crippen LogP contribution is -2.54. The summed E-state index contributed by atoms with van der Waals surface area (Å²) in [7, 11) is 0. The van der Waals surface area contributed by atoms with E-state index in [1.807, 2.05) is 9.80 Å². The molecule has 0 unspecified atom stereocenters. The van der Waals surface area contributed by atoms with Crippen molar-refractivity contribution in [3.8, 4) is 0 Å². The number of nitrogens with zero attached hydrogens (tertiary/aromatic N) is 5. The molecule has 4 atom stereocenters. The second kappa shape index (κ2) is 13.4. The van der Waals surface area contributed by atoms with Gasteiger partial charge in [0.25, 0.3) is 0 Å². The van der Waals surface area contributed by atoms with Crippen molar-refractivity contribution >= 4 is 64.1 Å². The van der Waals surface area contributed by atoms with E-state index in [0.717, 1.165) is 12.8 Å². The SMILES string of the molecule is N[C@@H]1C[C@H](N)CN(c2nc(Nc3ccc(C(=O)CC(=O)Nc4ccc(Cl)cc4Cl)cc3)nc(N3C[C@H](N)C[C@H](N)C3)n2)C1. The number of ketones is 1. The number of hydrogen-bond donors (Lipinski definition) is 6. The summed E-state index contributed by atoms with van der Waals surface area (Å²) < 4.78 is 0. The zero-order valence-corrected chi connectivity index (χ0v) is 24.9. The molecule has 2 saturated heterocycles. The Morgan fingerprint density at radius 3 is 1.84 bits per heavy atom. The van der Waals surface area contributed by atoms with Gasteiger partial charge in [0.15, 0.2) is 5.78 Å². The summed E-state index contributed by atoms with van der Waals surface area (Å²) in [6, 6.07) is 10.9. The van der Waals surface area contributed by atoms with Crippen LogP contribution < -0.4 is 43.4 Å². The first-order valence-electron chi connectivity index (χ1n) is 14.0. The molecule has 15 heteroatoms. The highest BCUT2D eigenvalue weighted by Gasteiger charge is 2.29. The summed E-state index contributed by atoms with van der Waals surface area (Å²) in [5.74, 6) is 0.359. The third-order valence-electron chi connectivity index (χ3n) is 7.20. The highest BCUT2D eigenvalue weighted by atomic mass is 35.5. The fraction of sp³-hybridized carbons (Fsp3) is 0.393. The van der Waals surface area contributed by atoms with Crippen molar-refractivity contribution in [2.24, 2.45) is 22.9 Å². The lowest BCUT2D eigenvalue weighted by Gasteiger charge is -2.37. The number of carbonyl (C=O) groups excluding carboxylic acids is 2. The Balaban J connectivity index is 1.30. The van der Waals surface area contributed by atoms with Crippen LogP contribution in [0, 0.1) is 0 Å². The normalized spacial score (nSPS) is 22.3. The molecule has 228 valence electrons. The van der Waals surface area contributed by atoms with Gasteiger partial charge in [0.05, 0.1) is 17.1 Å². The zero-order chi connectivity index (χ0) is 30.7. The Morgan fingerprint density at radius 2 is 1.33 bits per heavy atom. The molecule has 2 aliphatic heterocycles. The van der Waals surface area contributed by atoms with Crippen molar-refractivity contribution < 1.29 is 9.59 Å². The number of nitrogens with two attached hydrogens (primary N) is 4. The highest BCUT2D eigenvalue weighted by Crippen LogP contribution is 2.26. The Hall–Kier alpha value is -3.59.